The molecule has 0 spiro atoms. The van der Waals surface area contributed by atoms with Crippen LogP contribution >= 0.6 is 0 Å². The molecule has 0 atom stereocenters. The molecule has 21 heavy (non-hydrogen) atoms. The lowest BCUT2D eigenvalue weighted by Gasteiger charge is -2.22. The number of nitrogen functional groups attached to an aromatic ring is 1. The van der Waals surface area contributed by atoms with Gasteiger partial charge in [0.1, 0.15) is 0 Å². The molecule has 0 aromatic heterocycles. The monoisotopic (exact) mass is 310 g/mol. The molecule has 1 aliphatic carbocycles. The van der Waals surface area contributed by atoms with Crippen molar-refractivity contribution in [3.8, 4) is 0 Å². The molecule has 0 heterocycles. The van der Waals surface area contributed by atoms with Crippen LogP contribution in [0.2, 0.25) is 0 Å². The van der Waals surface area contributed by atoms with Gasteiger partial charge in [0.15, 0.2) is 0 Å². The minimum atomic E-state index is -3.47. The summed E-state index contributed by atoms with van der Waals surface area (Å²) in [5.74, 6) is 0. The largest absolute Gasteiger partial charge is 0.399 e. The van der Waals surface area contributed by atoms with Gasteiger partial charge in [0.2, 0.25) is 10.0 Å². The van der Waals surface area contributed by atoms with E-state index in [2.05, 4.69) is 4.72 Å². The van der Waals surface area contributed by atoms with E-state index in [0.29, 0.717) is 21.7 Å². The lowest BCUT2D eigenvalue weighted by atomic mass is 9.97. The second-order valence-corrected chi connectivity index (χ2v) is 7.80. The summed E-state index contributed by atoms with van der Waals surface area (Å²) in [7, 11) is -3.47. The zero-order valence-corrected chi connectivity index (χ0v) is 13.8. The van der Waals surface area contributed by atoms with Gasteiger partial charge >= 0.3 is 0 Å². The van der Waals surface area contributed by atoms with Crippen LogP contribution in [0.5, 0.6) is 0 Å². The molecule has 1 aromatic rings. The van der Waals surface area contributed by atoms with E-state index in [0.717, 1.165) is 25.7 Å². The number of aryl methyl sites for hydroxylation is 2. The summed E-state index contributed by atoms with van der Waals surface area (Å²) in [5.41, 5.74) is 7.81. The fraction of sp³-hybridized carbons (Fsp3) is 0.625. The first-order valence-electron chi connectivity index (χ1n) is 7.79. The van der Waals surface area contributed by atoms with E-state index >= 15 is 0 Å². The van der Waals surface area contributed by atoms with Crippen molar-refractivity contribution in [2.45, 2.75) is 69.7 Å². The summed E-state index contributed by atoms with van der Waals surface area (Å²) in [6.45, 7) is 3.60. The van der Waals surface area contributed by atoms with Gasteiger partial charge in [-0.3, -0.25) is 0 Å². The highest BCUT2D eigenvalue weighted by molar-refractivity contribution is 7.89. The van der Waals surface area contributed by atoms with Gasteiger partial charge < -0.3 is 5.73 Å². The average molecular weight is 310 g/mol. The van der Waals surface area contributed by atoms with Crippen LogP contribution in [0.4, 0.5) is 5.69 Å². The lowest BCUT2D eigenvalue weighted by molar-refractivity contribution is 0.426. The number of sulfonamides is 1. The van der Waals surface area contributed by atoms with Gasteiger partial charge in [-0.05, 0) is 49.9 Å². The summed E-state index contributed by atoms with van der Waals surface area (Å²) in [6, 6.07) is 3.51. The molecule has 0 amide bonds. The average Bonchev–Trinajstić information content (AvgIpc) is 2.30. The molecule has 0 bridgehead atoms. The quantitative estimate of drug-likeness (QED) is 0.842. The van der Waals surface area contributed by atoms with Gasteiger partial charge in [-0.1, -0.05) is 32.1 Å². The van der Waals surface area contributed by atoms with Crippen molar-refractivity contribution < 1.29 is 8.42 Å². The highest BCUT2D eigenvalue weighted by Crippen LogP contribution is 2.25. The first-order valence-corrected chi connectivity index (χ1v) is 9.27. The normalized spacial score (nSPS) is 18.2. The molecule has 0 aliphatic heterocycles. The second-order valence-electron chi connectivity index (χ2n) is 6.15. The third kappa shape index (κ3) is 4.20. The number of benzene rings is 1. The molecule has 1 aliphatic rings. The summed E-state index contributed by atoms with van der Waals surface area (Å²) in [4.78, 5) is 0.388. The Balaban J connectivity index is 2.21. The fourth-order valence-electron chi connectivity index (χ4n) is 3.26. The van der Waals surface area contributed by atoms with E-state index in [1.807, 2.05) is 0 Å². The number of hydrogen-bond donors (Lipinski definition) is 2. The third-order valence-corrected chi connectivity index (χ3v) is 6.00. The summed E-state index contributed by atoms with van der Waals surface area (Å²) in [5, 5.41) is 0. The molecule has 5 heteroatoms. The maximum atomic E-state index is 12.7. The Morgan fingerprint density at radius 1 is 1.00 bits per heavy atom. The van der Waals surface area contributed by atoms with Crippen molar-refractivity contribution in [1.29, 1.82) is 0 Å². The Bertz CT molecular complexity index is 565. The van der Waals surface area contributed by atoms with Crippen molar-refractivity contribution >= 4 is 15.7 Å². The van der Waals surface area contributed by atoms with Crippen molar-refractivity contribution in [1.82, 2.24) is 4.72 Å². The molecule has 118 valence electrons. The van der Waals surface area contributed by atoms with E-state index in [-0.39, 0.29) is 6.04 Å². The van der Waals surface area contributed by atoms with E-state index < -0.39 is 10.0 Å². The van der Waals surface area contributed by atoms with Crippen molar-refractivity contribution in [2.24, 2.45) is 0 Å². The van der Waals surface area contributed by atoms with Crippen LogP contribution in [0.25, 0.3) is 0 Å². The number of anilines is 1. The van der Waals surface area contributed by atoms with E-state index in [9.17, 15) is 8.42 Å². The first-order chi connectivity index (χ1) is 9.90. The molecule has 1 saturated carbocycles. The first kappa shape index (κ1) is 16.3. The number of hydrogen-bond acceptors (Lipinski definition) is 3. The van der Waals surface area contributed by atoms with Gasteiger partial charge in [-0.2, -0.15) is 0 Å². The zero-order valence-electron chi connectivity index (χ0n) is 13.0. The number of nitrogens with two attached hydrogens (primary N) is 1. The van der Waals surface area contributed by atoms with Crippen LogP contribution in [0.3, 0.4) is 0 Å². The van der Waals surface area contributed by atoms with Crippen LogP contribution in [0.15, 0.2) is 17.0 Å². The predicted molar refractivity (Wildman–Crippen MR) is 86.8 cm³/mol. The Kier molecular flexibility index (Phi) is 5.27. The smallest absolute Gasteiger partial charge is 0.241 e. The molecule has 3 N–H and O–H groups in total. The second kappa shape index (κ2) is 6.79. The Morgan fingerprint density at radius 2 is 1.48 bits per heavy atom. The molecule has 0 radical (unpaired) electrons. The molecule has 1 aromatic carbocycles. The van der Waals surface area contributed by atoms with Crippen molar-refractivity contribution in [2.75, 3.05) is 5.73 Å². The predicted octanol–water partition coefficient (Wildman–Crippen LogP) is 3.28. The van der Waals surface area contributed by atoms with E-state index in [1.165, 1.54) is 19.3 Å². The van der Waals surface area contributed by atoms with Crippen LogP contribution in [0.1, 0.15) is 56.1 Å². The lowest BCUT2D eigenvalue weighted by Crippen LogP contribution is -2.36. The van der Waals surface area contributed by atoms with Crippen LogP contribution < -0.4 is 10.5 Å². The Hall–Kier alpha value is -1.07. The topological polar surface area (TPSA) is 72.2 Å². The van der Waals surface area contributed by atoms with Gasteiger partial charge in [-0.25, -0.2) is 13.1 Å². The summed E-state index contributed by atoms with van der Waals surface area (Å²) < 4.78 is 28.3. The number of nitrogens with one attached hydrogen (secondary N) is 1. The van der Waals surface area contributed by atoms with Crippen molar-refractivity contribution in [3.05, 3.63) is 23.3 Å². The van der Waals surface area contributed by atoms with Gasteiger partial charge in [-0.15, -0.1) is 0 Å². The Morgan fingerprint density at radius 3 is 2.00 bits per heavy atom. The molecule has 4 nitrogen and oxygen atoms in total. The zero-order chi connectivity index (χ0) is 15.5. The van der Waals surface area contributed by atoms with Gasteiger partial charge in [0.25, 0.3) is 0 Å². The molecule has 0 saturated heterocycles. The Labute approximate surface area is 128 Å². The number of rotatable bonds is 3. The van der Waals surface area contributed by atoms with E-state index in [4.69, 9.17) is 5.73 Å². The van der Waals surface area contributed by atoms with Crippen LogP contribution in [0, 0.1) is 13.8 Å². The van der Waals surface area contributed by atoms with Crippen LogP contribution in [-0.2, 0) is 10.0 Å². The maximum absolute atomic E-state index is 12.7. The highest BCUT2D eigenvalue weighted by Gasteiger charge is 2.24. The summed E-state index contributed by atoms with van der Waals surface area (Å²) >= 11 is 0. The SMILES string of the molecule is Cc1cc(N)cc(C)c1S(=O)(=O)NC1CCCCCCC1. The molecule has 0 unspecified atom stereocenters. The molecular formula is C16H26N2O2S. The highest BCUT2D eigenvalue weighted by atomic mass is 32.2. The van der Waals surface area contributed by atoms with E-state index in [1.54, 1.807) is 26.0 Å². The van der Waals surface area contributed by atoms with Crippen molar-refractivity contribution in [3.63, 3.8) is 0 Å². The summed E-state index contributed by atoms with van der Waals surface area (Å²) in [6.07, 6.45) is 7.77. The van der Waals surface area contributed by atoms with Crippen LogP contribution in [-0.4, -0.2) is 14.5 Å². The minimum absolute atomic E-state index is 0.0617. The third-order valence-electron chi connectivity index (χ3n) is 4.18. The molecule has 1 fully saturated rings. The fourth-order valence-corrected chi connectivity index (χ4v) is 5.02. The molecular weight excluding hydrogens is 284 g/mol. The minimum Gasteiger partial charge on any atom is -0.399 e. The standard InChI is InChI=1S/C16H26N2O2S/c1-12-10-14(17)11-13(2)16(12)21(19,20)18-15-8-6-4-3-5-7-9-15/h10-11,15,18H,3-9,17H2,1-2H3. The van der Waals surface area contributed by atoms with Gasteiger partial charge in [0, 0.05) is 11.7 Å². The van der Waals surface area contributed by atoms with Gasteiger partial charge in [0.05, 0.1) is 4.90 Å². The maximum Gasteiger partial charge on any atom is 0.241 e. The molecule has 2 rings (SSSR count).